The van der Waals surface area contributed by atoms with Crippen LogP contribution in [0.1, 0.15) is 16.7 Å². The van der Waals surface area contributed by atoms with Crippen molar-refractivity contribution in [1.82, 2.24) is 0 Å². The fourth-order valence-corrected chi connectivity index (χ4v) is 9.88. The van der Waals surface area contributed by atoms with E-state index in [0.29, 0.717) is 4.90 Å². The summed E-state index contributed by atoms with van der Waals surface area (Å²) in [6, 6.07) is 23.0. The fraction of sp³-hybridized carbons (Fsp3) is 0.143. The average molecular weight is 368 g/mol. The predicted octanol–water partition coefficient (Wildman–Crippen LogP) is 4.43. The quantitative estimate of drug-likeness (QED) is 0.638. The molecule has 0 radical (unpaired) electrons. The Kier molecular flexibility index (Phi) is 5.08. The summed E-state index contributed by atoms with van der Waals surface area (Å²) in [7, 11) is -5.06. The van der Waals surface area contributed by atoms with Gasteiger partial charge in [-0.3, -0.25) is 0 Å². The molecule has 0 saturated heterocycles. The van der Waals surface area contributed by atoms with Gasteiger partial charge in [-0.05, 0) is 42.5 Å². The zero-order chi connectivity index (χ0) is 18.0. The lowest BCUT2D eigenvalue weighted by atomic mass is 10.1. The molecule has 0 aliphatic carbocycles. The molecule has 3 rings (SSSR count). The second-order valence-electron chi connectivity index (χ2n) is 6.17. The SMILES string of the molecule is Cc1cc(C)c(S(=O)(=O)P(c2ccccc2)c2ccccc2)c(C)c1. The monoisotopic (exact) mass is 368 g/mol. The summed E-state index contributed by atoms with van der Waals surface area (Å²) in [6.45, 7) is 5.76. The third-order valence-electron chi connectivity index (χ3n) is 4.08. The minimum atomic E-state index is -3.52. The Bertz CT molecular complexity index is 918. The minimum absolute atomic E-state index is 0.469. The van der Waals surface area contributed by atoms with E-state index in [1.165, 1.54) is 0 Å². The van der Waals surface area contributed by atoms with Gasteiger partial charge in [0.05, 0.1) is 12.0 Å². The summed E-state index contributed by atoms with van der Waals surface area (Å²) in [4.78, 5) is 0.469. The van der Waals surface area contributed by atoms with E-state index in [1.54, 1.807) is 0 Å². The van der Waals surface area contributed by atoms with Gasteiger partial charge in [0.25, 0.3) is 0 Å². The standard InChI is InChI=1S/C21H21O2PS/c1-16-14-17(2)21(18(3)15-16)25(22,23)24(19-10-6-4-7-11-19)20-12-8-5-9-13-20/h4-15H,1-3H3. The Hall–Kier alpha value is -1.96. The Morgan fingerprint density at radius 1 is 0.680 bits per heavy atom. The van der Waals surface area contributed by atoms with Crippen LogP contribution >= 0.6 is 7.12 Å². The topological polar surface area (TPSA) is 34.1 Å². The second kappa shape index (κ2) is 7.11. The van der Waals surface area contributed by atoms with Crippen molar-refractivity contribution < 1.29 is 8.42 Å². The molecule has 4 heteroatoms. The number of hydrogen-bond donors (Lipinski definition) is 0. The van der Waals surface area contributed by atoms with Crippen LogP contribution in [0.4, 0.5) is 0 Å². The van der Waals surface area contributed by atoms with Gasteiger partial charge in [0.1, 0.15) is 0 Å². The Morgan fingerprint density at radius 3 is 1.48 bits per heavy atom. The van der Waals surface area contributed by atoms with Crippen molar-refractivity contribution in [2.75, 3.05) is 0 Å². The van der Waals surface area contributed by atoms with Crippen molar-refractivity contribution in [2.24, 2.45) is 0 Å². The molecule has 0 N–H and O–H groups in total. The molecule has 3 aromatic carbocycles. The van der Waals surface area contributed by atoms with Crippen LogP contribution in [0.3, 0.4) is 0 Å². The number of hydrogen-bond acceptors (Lipinski definition) is 2. The van der Waals surface area contributed by atoms with Crippen LogP contribution in [-0.4, -0.2) is 8.42 Å². The van der Waals surface area contributed by atoms with Crippen molar-refractivity contribution in [3.05, 3.63) is 89.5 Å². The molecule has 0 fully saturated rings. The highest BCUT2D eigenvalue weighted by Crippen LogP contribution is 2.47. The molecule has 0 bridgehead atoms. The number of benzene rings is 3. The zero-order valence-electron chi connectivity index (χ0n) is 14.6. The van der Waals surface area contributed by atoms with Gasteiger partial charge in [-0.25, -0.2) is 8.42 Å². The first-order chi connectivity index (χ1) is 11.9. The number of aryl methyl sites for hydroxylation is 3. The third kappa shape index (κ3) is 3.53. The maximum atomic E-state index is 13.7. The van der Waals surface area contributed by atoms with Gasteiger partial charge in [0.2, 0.25) is 9.46 Å². The molecule has 0 spiro atoms. The Morgan fingerprint density at radius 2 is 1.08 bits per heavy atom. The van der Waals surface area contributed by atoms with Crippen LogP contribution in [0, 0.1) is 20.8 Å². The molecule has 0 heterocycles. The summed E-state index contributed by atoms with van der Waals surface area (Å²) < 4.78 is 27.4. The summed E-state index contributed by atoms with van der Waals surface area (Å²) in [5, 5.41) is 1.70. The first kappa shape index (κ1) is 17.8. The lowest BCUT2D eigenvalue weighted by Crippen LogP contribution is -2.19. The van der Waals surface area contributed by atoms with E-state index in [9.17, 15) is 8.42 Å². The molecule has 0 saturated carbocycles. The lowest BCUT2D eigenvalue weighted by Gasteiger charge is -2.21. The molecule has 0 amide bonds. The summed E-state index contributed by atoms with van der Waals surface area (Å²) in [6.07, 6.45) is 0. The van der Waals surface area contributed by atoms with Crippen molar-refractivity contribution in [3.63, 3.8) is 0 Å². The van der Waals surface area contributed by atoms with Gasteiger partial charge in [-0.2, -0.15) is 0 Å². The van der Waals surface area contributed by atoms with Crippen LogP contribution in [0.2, 0.25) is 0 Å². The molecule has 0 unspecified atom stereocenters. The van der Waals surface area contributed by atoms with Crippen molar-refractivity contribution >= 4 is 27.2 Å². The smallest absolute Gasteiger partial charge is 0.203 e. The van der Waals surface area contributed by atoms with E-state index < -0.39 is 16.6 Å². The summed E-state index contributed by atoms with van der Waals surface area (Å²) in [5.41, 5.74) is 2.71. The van der Waals surface area contributed by atoms with E-state index in [0.717, 1.165) is 27.3 Å². The molecule has 0 aromatic heterocycles. The molecule has 0 aliphatic rings. The maximum Gasteiger partial charge on any atom is 0.203 e. The highest BCUT2D eigenvalue weighted by Gasteiger charge is 2.33. The third-order valence-corrected chi connectivity index (χ3v) is 10.5. The van der Waals surface area contributed by atoms with Crippen molar-refractivity contribution in [3.8, 4) is 0 Å². The first-order valence-electron chi connectivity index (χ1n) is 8.14. The second-order valence-corrected chi connectivity index (χ2v) is 11.7. The van der Waals surface area contributed by atoms with E-state index in [1.807, 2.05) is 93.6 Å². The predicted molar refractivity (Wildman–Crippen MR) is 107 cm³/mol. The maximum absolute atomic E-state index is 13.7. The molecule has 0 aliphatic heterocycles. The van der Waals surface area contributed by atoms with E-state index >= 15 is 0 Å². The largest absolute Gasteiger partial charge is 0.219 e. The summed E-state index contributed by atoms with van der Waals surface area (Å²) in [5.74, 6) is 0. The van der Waals surface area contributed by atoms with Gasteiger partial charge in [-0.15, -0.1) is 0 Å². The van der Waals surface area contributed by atoms with Crippen LogP contribution in [0.25, 0.3) is 0 Å². The first-order valence-corrected chi connectivity index (χ1v) is 11.6. The highest BCUT2D eigenvalue weighted by atomic mass is 32.8. The molecule has 3 aromatic rings. The van der Waals surface area contributed by atoms with Gasteiger partial charge in [0, 0.05) is 0 Å². The molecular weight excluding hydrogens is 347 g/mol. The van der Waals surface area contributed by atoms with Gasteiger partial charge in [0.15, 0.2) is 0 Å². The van der Waals surface area contributed by atoms with Crippen LogP contribution in [-0.2, 0) is 9.46 Å². The Labute approximate surface area is 151 Å². The average Bonchev–Trinajstić information content (AvgIpc) is 2.55. The summed E-state index contributed by atoms with van der Waals surface area (Å²) >= 11 is 0. The fourth-order valence-electron chi connectivity index (χ4n) is 3.22. The lowest BCUT2D eigenvalue weighted by molar-refractivity contribution is 0.608. The highest BCUT2D eigenvalue weighted by molar-refractivity contribution is 8.54. The van der Waals surface area contributed by atoms with E-state index in [-0.39, 0.29) is 0 Å². The van der Waals surface area contributed by atoms with E-state index in [4.69, 9.17) is 0 Å². The van der Waals surface area contributed by atoms with Crippen LogP contribution in [0.15, 0.2) is 77.7 Å². The van der Waals surface area contributed by atoms with Crippen LogP contribution < -0.4 is 10.6 Å². The van der Waals surface area contributed by atoms with Crippen LogP contribution in [0.5, 0.6) is 0 Å². The molecule has 0 atom stereocenters. The van der Waals surface area contributed by atoms with Crippen molar-refractivity contribution in [1.29, 1.82) is 0 Å². The molecule has 2 nitrogen and oxygen atoms in total. The van der Waals surface area contributed by atoms with Gasteiger partial charge >= 0.3 is 0 Å². The van der Waals surface area contributed by atoms with Gasteiger partial charge < -0.3 is 0 Å². The Balaban J connectivity index is 2.27. The molecule has 128 valence electrons. The van der Waals surface area contributed by atoms with E-state index in [2.05, 4.69) is 0 Å². The molecule has 25 heavy (non-hydrogen) atoms. The zero-order valence-corrected chi connectivity index (χ0v) is 16.3. The number of rotatable bonds is 4. The minimum Gasteiger partial charge on any atom is -0.219 e. The van der Waals surface area contributed by atoms with Gasteiger partial charge in [-0.1, -0.05) is 78.4 Å². The van der Waals surface area contributed by atoms with Crippen molar-refractivity contribution in [2.45, 2.75) is 25.7 Å². The molecular formula is C21H21O2PS. The normalized spacial score (nSPS) is 11.7.